The molecule has 0 spiro atoms. The molecule has 1 rings (SSSR count). The van der Waals surface area contributed by atoms with E-state index in [4.69, 9.17) is 0 Å². The Morgan fingerprint density at radius 3 is 1.14 bits per heavy atom. The lowest BCUT2D eigenvalue weighted by Gasteiger charge is -1.79. The van der Waals surface area contributed by atoms with Crippen molar-refractivity contribution in [3.05, 3.63) is 21.9 Å². The summed E-state index contributed by atoms with van der Waals surface area (Å²) >= 11 is 1.77. The molecule has 86 valence electrons. The van der Waals surface area contributed by atoms with E-state index in [0.717, 1.165) is 0 Å². The number of hydrogen-bond acceptors (Lipinski definition) is 1. The van der Waals surface area contributed by atoms with Crippen LogP contribution in [0, 0.1) is 13.8 Å². The van der Waals surface area contributed by atoms with Gasteiger partial charge in [0.25, 0.3) is 0 Å². The third kappa shape index (κ3) is 14.2. The molecule has 0 N–H and O–H groups in total. The lowest BCUT2D eigenvalue weighted by molar-refractivity contribution is 1.09. The zero-order chi connectivity index (χ0) is 12.0. The molecule has 0 radical (unpaired) electrons. The Bertz CT molecular complexity index is 149. The fourth-order valence-corrected chi connectivity index (χ4v) is 1.27. The second kappa shape index (κ2) is 18.5. The van der Waals surface area contributed by atoms with Gasteiger partial charge in [0.1, 0.15) is 0 Å². The SMILES string of the molecule is CC.CC.CCC.Cc1cscc1C. The summed E-state index contributed by atoms with van der Waals surface area (Å²) in [7, 11) is 0. The van der Waals surface area contributed by atoms with E-state index in [1.165, 1.54) is 17.5 Å². The normalized spacial score (nSPS) is 6.86. The van der Waals surface area contributed by atoms with Gasteiger partial charge in [-0.25, -0.2) is 0 Å². The largest absolute Gasteiger partial charge is 0.152 e. The summed E-state index contributed by atoms with van der Waals surface area (Å²) in [6, 6.07) is 0. The fraction of sp³-hybridized carbons (Fsp3) is 0.692. The predicted molar refractivity (Wildman–Crippen MR) is 72.5 cm³/mol. The third-order valence-corrected chi connectivity index (χ3v) is 2.09. The first-order valence-electron chi connectivity index (χ1n) is 5.71. The van der Waals surface area contributed by atoms with Gasteiger partial charge >= 0.3 is 0 Å². The monoisotopic (exact) mass is 216 g/mol. The van der Waals surface area contributed by atoms with Gasteiger partial charge in [-0.3, -0.25) is 0 Å². The summed E-state index contributed by atoms with van der Waals surface area (Å²) in [5.41, 5.74) is 2.81. The number of rotatable bonds is 0. The molecule has 0 saturated carbocycles. The first kappa shape index (κ1) is 19.3. The van der Waals surface area contributed by atoms with E-state index in [2.05, 4.69) is 38.5 Å². The van der Waals surface area contributed by atoms with E-state index in [0.29, 0.717) is 0 Å². The summed E-state index contributed by atoms with van der Waals surface area (Å²) in [6.45, 7) is 16.5. The van der Waals surface area contributed by atoms with Crippen LogP contribution in [0.25, 0.3) is 0 Å². The summed E-state index contributed by atoms with van der Waals surface area (Å²) in [5.74, 6) is 0. The van der Waals surface area contributed by atoms with Gasteiger partial charge in [-0.1, -0.05) is 48.0 Å². The molecule has 0 aromatic carbocycles. The average molecular weight is 216 g/mol. The highest BCUT2D eigenvalue weighted by atomic mass is 32.1. The smallest absolute Gasteiger partial charge is 0.00613 e. The maximum atomic E-state index is 2.16. The van der Waals surface area contributed by atoms with Crippen molar-refractivity contribution >= 4 is 11.3 Å². The highest BCUT2D eigenvalue weighted by Crippen LogP contribution is 2.10. The van der Waals surface area contributed by atoms with Crippen LogP contribution in [-0.4, -0.2) is 0 Å². The molecular formula is C13H28S. The molecule has 0 amide bonds. The van der Waals surface area contributed by atoms with Crippen LogP contribution in [0.4, 0.5) is 0 Å². The highest BCUT2D eigenvalue weighted by Gasteiger charge is 1.86. The van der Waals surface area contributed by atoms with Gasteiger partial charge in [0.15, 0.2) is 0 Å². The summed E-state index contributed by atoms with van der Waals surface area (Å²) in [5, 5.41) is 4.32. The topological polar surface area (TPSA) is 0 Å². The molecular weight excluding hydrogens is 188 g/mol. The summed E-state index contributed by atoms with van der Waals surface area (Å²) < 4.78 is 0. The van der Waals surface area contributed by atoms with Gasteiger partial charge in [-0.15, -0.1) is 0 Å². The van der Waals surface area contributed by atoms with Crippen molar-refractivity contribution in [3.8, 4) is 0 Å². The first-order valence-corrected chi connectivity index (χ1v) is 6.66. The number of hydrogen-bond donors (Lipinski definition) is 0. The van der Waals surface area contributed by atoms with Crippen LogP contribution in [-0.2, 0) is 0 Å². The number of aryl methyl sites for hydroxylation is 2. The lowest BCUT2D eigenvalue weighted by atomic mass is 10.2. The molecule has 0 aliphatic heterocycles. The molecule has 0 fully saturated rings. The molecule has 0 atom stereocenters. The second-order valence-corrected chi connectivity index (χ2v) is 3.19. The second-order valence-electron chi connectivity index (χ2n) is 2.44. The maximum Gasteiger partial charge on any atom is -0.00613 e. The Hall–Kier alpha value is -0.300. The van der Waals surface area contributed by atoms with Gasteiger partial charge in [-0.2, -0.15) is 11.3 Å². The van der Waals surface area contributed by atoms with E-state index in [1.54, 1.807) is 11.3 Å². The third-order valence-electron chi connectivity index (χ3n) is 1.11. The minimum atomic E-state index is 1.25. The highest BCUT2D eigenvalue weighted by molar-refractivity contribution is 7.08. The van der Waals surface area contributed by atoms with Crippen molar-refractivity contribution < 1.29 is 0 Å². The minimum Gasteiger partial charge on any atom is -0.152 e. The summed E-state index contributed by atoms with van der Waals surface area (Å²) in [6.07, 6.45) is 1.25. The van der Waals surface area contributed by atoms with Gasteiger partial charge in [0.05, 0.1) is 0 Å². The molecule has 0 bridgehead atoms. The minimum absolute atomic E-state index is 1.25. The van der Waals surface area contributed by atoms with Crippen molar-refractivity contribution in [2.24, 2.45) is 0 Å². The number of thiophene rings is 1. The quantitative estimate of drug-likeness (QED) is 0.511. The van der Waals surface area contributed by atoms with Crippen LogP contribution in [0.1, 0.15) is 59.1 Å². The molecule has 0 aliphatic rings. The molecule has 14 heavy (non-hydrogen) atoms. The van der Waals surface area contributed by atoms with Crippen LogP contribution in [0.3, 0.4) is 0 Å². The van der Waals surface area contributed by atoms with E-state index >= 15 is 0 Å². The van der Waals surface area contributed by atoms with Gasteiger partial charge in [0, 0.05) is 0 Å². The molecule has 1 aromatic rings. The Labute approximate surface area is 95.4 Å². The zero-order valence-electron chi connectivity index (χ0n) is 11.3. The average Bonchev–Trinajstić information content (AvgIpc) is 2.59. The first-order chi connectivity index (χ1) is 6.72. The van der Waals surface area contributed by atoms with Crippen LogP contribution < -0.4 is 0 Å². The van der Waals surface area contributed by atoms with Gasteiger partial charge in [-0.05, 0) is 35.7 Å². The molecule has 0 nitrogen and oxygen atoms in total. The Balaban J connectivity index is -0.000000148. The Morgan fingerprint density at radius 2 is 1.07 bits per heavy atom. The maximum absolute atomic E-state index is 2.16. The van der Waals surface area contributed by atoms with Crippen LogP contribution >= 0.6 is 11.3 Å². The standard InChI is InChI=1S/C6H8S.C3H8.2C2H6/c1-5-3-7-4-6(5)2;1-3-2;2*1-2/h3-4H,1-2H3;3H2,1-2H3;2*1-2H3. The lowest BCUT2D eigenvalue weighted by Crippen LogP contribution is -1.63. The van der Waals surface area contributed by atoms with E-state index in [9.17, 15) is 0 Å². The van der Waals surface area contributed by atoms with Crippen molar-refractivity contribution in [1.82, 2.24) is 0 Å². The van der Waals surface area contributed by atoms with Crippen LogP contribution in [0.15, 0.2) is 10.8 Å². The van der Waals surface area contributed by atoms with Crippen LogP contribution in [0.5, 0.6) is 0 Å². The molecule has 1 heterocycles. The van der Waals surface area contributed by atoms with Gasteiger partial charge in [0.2, 0.25) is 0 Å². The Morgan fingerprint density at radius 1 is 0.857 bits per heavy atom. The molecule has 0 aliphatic carbocycles. The fourth-order valence-electron chi connectivity index (χ4n) is 0.424. The van der Waals surface area contributed by atoms with E-state index < -0.39 is 0 Å². The molecule has 1 heteroatoms. The molecule has 0 unspecified atom stereocenters. The predicted octanol–water partition coefficient (Wildman–Crippen LogP) is 5.83. The van der Waals surface area contributed by atoms with E-state index in [1.807, 2.05) is 27.7 Å². The van der Waals surface area contributed by atoms with Crippen molar-refractivity contribution in [3.63, 3.8) is 0 Å². The van der Waals surface area contributed by atoms with Crippen molar-refractivity contribution in [2.45, 2.75) is 61.8 Å². The Kier molecular flexibility index (Phi) is 25.5. The van der Waals surface area contributed by atoms with Crippen molar-refractivity contribution in [2.75, 3.05) is 0 Å². The van der Waals surface area contributed by atoms with Gasteiger partial charge < -0.3 is 0 Å². The zero-order valence-corrected chi connectivity index (χ0v) is 12.1. The molecule has 1 aromatic heterocycles. The van der Waals surface area contributed by atoms with Crippen molar-refractivity contribution in [1.29, 1.82) is 0 Å². The molecule has 0 saturated heterocycles. The van der Waals surface area contributed by atoms with Crippen LogP contribution in [0.2, 0.25) is 0 Å². The summed E-state index contributed by atoms with van der Waals surface area (Å²) in [4.78, 5) is 0. The van der Waals surface area contributed by atoms with E-state index in [-0.39, 0.29) is 0 Å².